The first kappa shape index (κ1) is 21.8. The second-order valence-corrected chi connectivity index (χ2v) is 8.27. The molecule has 1 heterocycles. The standard InChI is InChI=1S/C22H24BrN3O4/c1-14(2)30-19-9-8-16(10-18(19)23)21(28)24-25-22(29)17-11-20(27)26(13-17)12-15-6-4-3-5-7-15/h3-10,14,17H,11-13H2,1-2H3,(H,24,28)(H,25,29). The number of halogens is 1. The predicted octanol–water partition coefficient (Wildman–Crippen LogP) is 3.05. The van der Waals surface area contributed by atoms with Crippen LogP contribution in [0.5, 0.6) is 5.75 Å². The summed E-state index contributed by atoms with van der Waals surface area (Å²) in [6.07, 6.45) is 0.136. The lowest BCUT2D eigenvalue weighted by molar-refractivity contribution is -0.129. The molecule has 0 aliphatic carbocycles. The Balaban J connectivity index is 1.52. The third-order valence-electron chi connectivity index (χ3n) is 4.66. The van der Waals surface area contributed by atoms with Gasteiger partial charge in [-0.15, -0.1) is 0 Å². The van der Waals surface area contributed by atoms with Crippen molar-refractivity contribution in [1.82, 2.24) is 15.8 Å². The van der Waals surface area contributed by atoms with Gasteiger partial charge in [-0.3, -0.25) is 25.2 Å². The van der Waals surface area contributed by atoms with Crippen molar-refractivity contribution < 1.29 is 19.1 Å². The maximum atomic E-state index is 12.4. The fourth-order valence-electron chi connectivity index (χ4n) is 3.19. The van der Waals surface area contributed by atoms with Gasteiger partial charge in [-0.1, -0.05) is 30.3 Å². The summed E-state index contributed by atoms with van der Waals surface area (Å²) in [5.41, 5.74) is 6.22. The number of hydrogen-bond acceptors (Lipinski definition) is 4. The highest BCUT2D eigenvalue weighted by Gasteiger charge is 2.34. The van der Waals surface area contributed by atoms with E-state index < -0.39 is 11.8 Å². The van der Waals surface area contributed by atoms with E-state index in [1.165, 1.54) is 0 Å². The van der Waals surface area contributed by atoms with Gasteiger partial charge in [0.2, 0.25) is 11.8 Å². The number of benzene rings is 2. The Kier molecular flexibility index (Phi) is 7.10. The Hall–Kier alpha value is -2.87. The normalized spacial score (nSPS) is 15.9. The molecule has 0 saturated carbocycles. The fraction of sp³-hybridized carbons (Fsp3) is 0.318. The van der Waals surface area contributed by atoms with Crippen LogP contribution in [0, 0.1) is 5.92 Å². The monoisotopic (exact) mass is 473 g/mol. The first-order valence-electron chi connectivity index (χ1n) is 9.71. The second-order valence-electron chi connectivity index (χ2n) is 7.42. The molecule has 1 unspecified atom stereocenters. The minimum Gasteiger partial charge on any atom is -0.490 e. The summed E-state index contributed by atoms with van der Waals surface area (Å²) < 4.78 is 6.27. The van der Waals surface area contributed by atoms with Gasteiger partial charge in [-0.2, -0.15) is 0 Å². The molecule has 1 saturated heterocycles. The minimum atomic E-state index is -0.505. The van der Waals surface area contributed by atoms with Gasteiger partial charge in [0.15, 0.2) is 0 Å². The zero-order valence-corrected chi connectivity index (χ0v) is 18.4. The van der Waals surface area contributed by atoms with Crippen LogP contribution in [0.4, 0.5) is 0 Å². The van der Waals surface area contributed by atoms with Gasteiger partial charge in [0.25, 0.3) is 5.91 Å². The number of hydrogen-bond donors (Lipinski definition) is 2. The number of ether oxygens (including phenoxy) is 1. The summed E-state index contributed by atoms with van der Waals surface area (Å²) in [6.45, 7) is 4.62. The molecule has 8 heteroatoms. The van der Waals surface area contributed by atoms with Crippen LogP contribution >= 0.6 is 15.9 Å². The molecule has 1 atom stereocenters. The van der Waals surface area contributed by atoms with Gasteiger partial charge < -0.3 is 9.64 Å². The number of likely N-dealkylation sites (tertiary alicyclic amines) is 1. The van der Waals surface area contributed by atoms with E-state index in [2.05, 4.69) is 26.8 Å². The Bertz CT molecular complexity index is 933. The van der Waals surface area contributed by atoms with Gasteiger partial charge in [0.1, 0.15) is 5.75 Å². The quantitative estimate of drug-likeness (QED) is 0.631. The van der Waals surface area contributed by atoms with Crippen molar-refractivity contribution in [3.8, 4) is 5.75 Å². The molecule has 0 spiro atoms. The lowest BCUT2D eigenvalue weighted by Crippen LogP contribution is -2.45. The Morgan fingerprint density at radius 1 is 1.17 bits per heavy atom. The maximum Gasteiger partial charge on any atom is 0.269 e. The van der Waals surface area contributed by atoms with Gasteiger partial charge >= 0.3 is 0 Å². The summed E-state index contributed by atoms with van der Waals surface area (Å²) >= 11 is 3.38. The smallest absolute Gasteiger partial charge is 0.269 e. The van der Waals surface area contributed by atoms with Crippen LogP contribution in [0.3, 0.4) is 0 Å². The van der Waals surface area contributed by atoms with Crippen molar-refractivity contribution in [1.29, 1.82) is 0 Å². The van der Waals surface area contributed by atoms with E-state index in [9.17, 15) is 14.4 Å². The van der Waals surface area contributed by atoms with E-state index in [0.717, 1.165) is 5.56 Å². The molecule has 2 aromatic rings. The highest BCUT2D eigenvalue weighted by molar-refractivity contribution is 9.10. The number of carbonyl (C=O) groups is 3. The minimum absolute atomic E-state index is 0.0100. The first-order chi connectivity index (χ1) is 14.3. The molecule has 2 N–H and O–H groups in total. The van der Waals surface area contributed by atoms with Gasteiger partial charge in [0.05, 0.1) is 16.5 Å². The Morgan fingerprint density at radius 2 is 1.90 bits per heavy atom. The molecular weight excluding hydrogens is 450 g/mol. The number of carbonyl (C=O) groups excluding carboxylic acids is 3. The molecule has 3 amide bonds. The summed E-state index contributed by atoms with van der Waals surface area (Å²) in [5, 5.41) is 0. The number of nitrogens with one attached hydrogen (secondary N) is 2. The molecule has 1 aliphatic rings. The van der Waals surface area contributed by atoms with Gasteiger partial charge in [0, 0.05) is 25.1 Å². The van der Waals surface area contributed by atoms with Crippen LogP contribution in [0.15, 0.2) is 53.0 Å². The van der Waals surface area contributed by atoms with Crippen LogP contribution in [0.1, 0.15) is 36.2 Å². The van der Waals surface area contributed by atoms with E-state index in [4.69, 9.17) is 4.74 Å². The van der Waals surface area contributed by atoms with E-state index in [1.54, 1.807) is 23.1 Å². The largest absolute Gasteiger partial charge is 0.490 e. The molecule has 0 radical (unpaired) electrons. The van der Waals surface area contributed by atoms with Crippen molar-refractivity contribution >= 4 is 33.7 Å². The molecular formula is C22H24BrN3O4. The molecule has 1 aliphatic heterocycles. The maximum absolute atomic E-state index is 12.4. The second kappa shape index (κ2) is 9.75. The average molecular weight is 474 g/mol. The topological polar surface area (TPSA) is 87.7 Å². The van der Waals surface area contributed by atoms with Crippen molar-refractivity contribution in [2.24, 2.45) is 5.92 Å². The highest BCUT2D eigenvalue weighted by atomic mass is 79.9. The van der Waals surface area contributed by atoms with E-state index in [0.29, 0.717) is 28.9 Å². The van der Waals surface area contributed by atoms with Crippen molar-refractivity contribution in [2.75, 3.05) is 6.54 Å². The molecule has 158 valence electrons. The van der Waals surface area contributed by atoms with Crippen LogP contribution < -0.4 is 15.6 Å². The lowest BCUT2D eigenvalue weighted by atomic mass is 10.1. The SMILES string of the molecule is CC(C)Oc1ccc(C(=O)NNC(=O)C2CC(=O)N(Cc3ccccc3)C2)cc1Br. The molecule has 0 bridgehead atoms. The van der Waals surface area contributed by atoms with E-state index in [1.807, 2.05) is 44.2 Å². The van der Waals surface area contributed by atoms with Crippen LogP contribution in [0.25, 0.3) is 0 Å². The number of hydrazine groups is 1. The van der Waals surface area contributed by atoms with Crippen LogP contribution in [-0.4, -0.2) is 35.3 Å². The first-order valence-corrected chi connectivity index (χ1v) is 10.5. The number of rotatable bonds is 6. The summed E-state index contributed by atoms with van der Waals surface area (Å²) in [6, 6.07) is 14.6. The predicted molar refractivity (Wildman–Crippen MR) is 115 cm³/mol. The zero-order valence-electron chi connectivity index (χ0n) is 16.9. The zero-order chi connectivity index (χ0) is 21.7. The molecule has 0 aromatic heterocycles. The molecule has 2 aromatic carbocycles. The van der Waals surface area contributed by atoms with Crippen molar-refractivity contribution in [3.63, 3.8) is 0 Å². The summed E-state index contributed by atoms with van der Waals surface area (Å²) in [4.78, 5) is 38.7. The molecule has 7 nitrogen and oxygen atoms in total. The van der Waals surface area contributed by atoms with Gasteiger partial charge in [-0.25, -0.2) is 0 Å². The van der Waals surface area contributed by atoms with E-state index in [-0.39, 0.29) is 24.3 Å². The fourth-order valence-corrected chi connectivity index (χ4v) is 3.66. The molecule has 1 fully saturated rings. The van der Waals surface area contributed by atoms with Gasteiger partial charge in [-0.05, 0) is 53.5 Å². The van der Waals surface area contributed by atoms with E-state index >= 15 is 0 Å². The van der Waals surface area contributed by atoms with Crippen molar-refractivity contribution in [3.05, 3.63) is 64.1 Å². The number of amides is 3. The Morgan fingerprint density at radius 3 is 2.57 bits per heavy atom. The molecule has 30 heavy (non-hydrogen) atoms. The Labute approximate surface area is 183 Å². The summed E-state index contributed by atoms with van der Waals surface area (Å²) in [5.74, 6) is -0.782. The van der Waals surface area contributed by atoms with Crippen LogP contribution in [0.2, 0.25) is 0 Å². The van der Waals surface area contributed by atoms with Crippen LogP contribution in [-0.2, 0) is 16.1 Å². The molecule has 3 rings (SSSR count). The third-order valence-corrected chi connectivity index (χ3v) is 5.28. The lowest BCUT2D eigenvalue weighted by Gasteiger charge is -2.17. The third kappa shape index (κ3) is 5.60. The average Bonchev–Trinajstić information content (AvgIpc) is 3.08. The highest BCUT2D eigenvalue weighted by Crippen LogP contribution is 2.27. The van der Waals surface area contributed by atoms with Crippen molar-refractivity contribution in [2.45, 2.75) is 32.9 Å². The summed E-state index contributed by atoms with van der Waals surface area (Å²) in [7, 11) is 0. The number of nitrogens with zero attached hydrogens (tertiary/aromatic N) is 1.